The van der Waals surface area contributed by atoms with Crippen molar-refractivity contribution in [2.45, 2.75) is 16.7 Å². The minimum absolute atomic E-state index is 0.178. The lowest BCUT2D eigenvalue weighted by molar-refractivity contribution is 0.552. The van der Waals surface area contributed by atoms with Crippen molar-refractivity contribution in [3.63, 3.8) is 0 Å². The Morgan fingerprint density at radius 2 is 1.79 bits per heavy atom. The Morgan fingerprint density at radius 3 is 2.59 bits per heavy atom. The fourth-order valence-electron chi connectivity index (χ4n) is 3.81. The summed E-state index contributed by atoms with van der Waals surface area (Å²) >= 11 is 0. The van der Waals surface area contributed by atoms with Gasteiger partial charge in [0.15, 0.2) is 15.7 Å². The Bertz CT molecular complexity index is 1370. The number of aromatic nitrogens is 3. The van der Waals surface area contributed by atoms with Gasteiger partial charge in [0.25, 0.3) is 5.56 Å². The molecule has 0 saturated carbocycles. The van der Waals surface area contributed by atoms with E-state index in [4.69, 9.17) is 0 Å². The fraction of sp³-hybridized carbons (Fsp3) is 0.143. The van der Waals surface area contributed by atoms with Gasteiger partial charge in [-0.2, -0.15) is 0 Å². The van der Waals surface area contributed by atoms with E-state index in [1.165, 1.54) is 4.68 Å². The van der Waals surface area contributed by atoms with E-state index < -0.39 is 15.1 Å². The molecule has 1 aliphatic rings. The van der Waals surface area contributed by atoms with E-state index >= 15 is 0 Å². The monoisotopic (exact) mass is 406 g/mol. The summed E-state index contributed by atoms with van der Waals surface area (Å²) in [5.41, 5.74) is 0.471. The Hall–Kier alpha value is -3.23. The molecule has 4 aromatic rings. The summed E-state index contributed by atoms with van der Waals surface area (Å²) < 4.78 is 28.3. The highest BCUT2D eigenvalue weighted by atomic mass is 32.2. The molecule has 2 aromatic carbocycles. The number of hydrogen-bond donors (Lipinski definition) is 2. The summed E-state index contributed by atoms with van der Waals surface area (Å²) in [6, 6.07) is 17.9. The Kier molecular flexibility index (Phi) is 4.11. The number of rotatable bonds is 3. The van der Waals surface area contributed by atoms with Crippen molar-refractivity contribution in [1.29, 1.82) is 0 Å². The second-order valence-electron chi connectivity index (χ2n) is 7.01. The molecule has 0 fully saturated rings. The molecule has 1 aliphatic heterocycles. The number of benzene rings is 2. The highest BCUT2D eigenvalue weighted by Gasteiger charge is 2.37. The minimum Gasteiger partial charge on any atom is -0.310 e. The number of hydrogen-bond acceptors (Lipinski definition) is 5. The first-order valence-electron chi connectivity index (χ1n) is 9.24. The topological polar surface area (TPSA) is 96.8 Å². The molecule has 5 rings (SSSR count). The Labute approximate surface area is 166 Å². The van der Waals surface area contributed by atoms with E-state index in [-0.39, 0.29) is 22.6 Å². The van der Waals surface area contributed by atoms with Crippen molar-refractivity contribution in [3.8, 4) is 5.82 Å². The maximum atomic E-state index is 13.5. The molecule has 1 unspecified atom stereocenters. The highest BCUT2D eigenvalue weighted by molar-refractivity contribution is 7.91. The molecule has 0 bridgehead atoms. The molecule has 0 aliphatic carbocycles. The summed E-state index contributed by atoms with van der Waals surface area (Å²) in [6.07, 6.45) is 1.59. The molecule has 0 amide bonds. The van der Waals surface area contributed by atoms with Crippen LogP contribution in [-0.4, -0.2) is 29.7 Å². The van der Waals surface area contributed by atoms with Crippen LogP contribution in [0.4, 0.5) is 0 Å². The molecular formula is C21H18N4O3S. The third-order valence-corrected chi connectivity index (χ3v) is 7.32. The number of pyridine rings is 1. The largest absolute Gasteiger partial charge is 0.310 e. The SMILES string of the molecule is O=c1c2c([nH]n1-c1ccccn1)CNCC2S(=O)(=O)c1ccc2ccccc2c1. The molecule has 2 N–H and O–H groups in total. The predicted octanol–water partition coefficient (Wildman–Crippen LogP) is 2.33. The predicted molar refractivity (Wildman–Crippen MR) is 110 cm³/mol. The molecule has 2 aromatic heterocycles. The quantitative estimate of drug-likeness (QED) is 0.544. The second-order valence-corrected chi connectivity index (χ2v) is 9.14. The van der Waals surface area contributed by atoms with Crippen LogP contribution in [0.1, 0.15) is 16.5 Å². The van der Waals surface area contributed by atoms with Crippen molar-refractivity contribution in [2.75, 3.05) is 6.54 Å². The van der Waals surface area contributed by atoms with Crippen molar-refractivity contribution in [1.82, 2.24) is 20.1 Å². The van der Waals surface area contributed by atoms with Crippen LogP contribution in [0.5, 0.6) is 0 Å². The van der Waals surface area contributed by atoms with E-state index in [2.05, 4.69) is 15.4 Å². The zero-order valence-electron chi connectivity index (χ0n) is 15.4. The molecule has 7 nitrogen and oxygen atoms in total. The molecule has 8 heteroatoms. The maximum Gasteiger partial charge on any atom is 0.277 e. The standard InChI is InChI=1S/C21H18N4O3S/c26-21-20-17(24-25(21)19-7-3-4-10-23-19)12-22-13-18(20)29(27,28)16-9-8-14-5-1-2-6-15(14)11-16/h1-11,18,22,24H,12-13H2. The van der Waals surface area contributed by atoms with Gasteiger partial charge in [-0.1, -0.05) is 36.4 Å². The molecule has 0 radical (unpaired) electrons. The summed E-state index contributed by atoms with van der Waals surface area (Å²) in [5, 5.41) is 6.97. The van der Waals surface area contributed by atoms with Crippen molar-refractivity contribution < 1.29 is 8.42 Å². The normalized spacial score (nSPS) is 16.6. The first kappa shape index (κ1) is 17.8. The van der Waals surface area contributed by atoms with E-state index in [0.29, 0.717) is 18.1 Å². The zero-order valence-corrected chi connectivity index (χ0v) is 16.2. The van der Waals surface area contributed by atoms with Gasteiger partial charge >= 0.3 is 0 Å². The van der Waals surface area contributed by atoms with Gasteiger partial charge in [0.1, 0.15) is 5.25 Å². The summed E-state index contributed by atoms with van der Waals surface area (Å²) in [6.45, 7) is 0.575. The smallest absolute Gasteiger partial charge is 0.277 e. The number of nitrogens with zero attached hydrogens (tertiary/aromatic N) is 2. The molecule has 0 saturated heterocycles. The van der Waals surface area contributed by atoms with E-state index in [0.717, 1.165) is 10.8 Å². The summed E-state index contributed by atoms with van der Waals surface area (Å²) in [4.78, 5) is 17.5. The molecule has 0 spiro atoms. The number of aromatic amines is 1. The summed E-state index contributed by atoms with van der Waals surface area (Å²) in [7, 11) is -3.77. The average molecular weight is 406 g/mol. The van der Waals surface area contributed by atoms with Crippen molar-refractivity contribution in [3.05, 3.63) is 88.5 Å². The fourth-order valence-corrected chi connectivity index (χ4v) is 5.58. The average Bonchev–Trinajstić information content (AvgIpc) is 3.10. The maximum absolute atomic E-state index is 13.5. The lowest BCUT2D eigenvalue weighted by Gasteiger charge is -2.22. The van der Waals surface area contributed by atoms with E-state index in [9.17, 15) is 13.2 Å². The van der Waals surface area contributed by atoms with Gasteiger partial charge in [-0.05, 0) is 35.0 Å². The van der Waals surface area contributed by atoms with E-state index in [1.807, 2.05) is 24.3 Å². The van der Waals surface area contributed by atoms with Gasteiger partial charge in [0.05, 0.1) is 16.2 Å². The minimum atomic E-state index is -3.77. The van der Waals surface area contributed by atoms with Crippen LogP contribution in [0, 0.1) is 0 Å². The lowest BCUT2D eigenvalue weighted by Crippen LogP contribution is -2.35. The van der Waals surface area contributed by atoms with Crippen LogP contribution in [0.15, 0.2) is 76.6 Å². The second kappa shape index (κ2) is 6.68. The van der Waals surface area contributed by atoms with Gasteiger partial charge in [0, 0.05) is 19.3 Å². The molecule has 29 heavy (non-hydrogen) atoms. The molecule has 3 heterocycles. The van der Waals surface area contributed by atoms with Gasteiger partial charge in [-0.3, -0.25) is 9.89 Å². The number of sulfone groups is 1. The number of H-pyrrole nitrogens is 1. The third kappa shape index (κ3) is 2.88. The van der Waals surface area contributed by atoms with Gasteiger partial charge < -0.3 is 5.32 Å². The van der Waals surface area contributed by atoms with E-state index in [1.54, 1.807) is 42.6 Å². The number of fused-ring (bicyclic) bond motifs is 2. The highest BCUT2D eigenvalue weighted by Crippen LogP contribution is 2.32. The van der Waals surface area contributed by atoms with Gasteiger partial charge in [0.2, 0.25) is 0 Å². The first-order valence-corrected chi connectivity index (χ1v) is 10.8. The summed E-state index contributed by atoms with van der Waals surface area (Å²) in [5.74, 6) is 0.425. The molecular weight excluding hydrogens is 388 g/mol. The Morgan fingerprint density at radius 1 is 1.00 bits per heavy atom. The van der Waals surface area contributed by atoms with Crippen LogP contribution >= 0.6 is 0 Å². The van der Waals surface area contributed by atoms with Crippen LogP contribution in [-0.2, 0) is 16.4 Å². The van der Waals surface area contributed by atoms with Crippen molar-refractivity contribution in [2.24, 2.45) is 0 Å². The van der Waals surface area contributed by atoms with Gasteiger partial charge in [-0.25, -0.2) is 18.1 Å². The van der Waals surface area contributed by atoms with Crippen LogP contribution in [0.2, 0.25) is 0 Å². The number of nitrogens with one attached hydrogen (secondary N) is 2. The Balaban J connectivity index is 1.64. The lowest BCUT2D eigenvalue weighted by atomic mass is 10.1. The molecule has 1 atom stereocenters. The van der Waals surface area contributed by atoms with Crippen LogP contribution in [0.25, 0.3) is 16.6 Å². The van der Waals surface area contributed by atoms with Crippen LogP contribution in [0.3, 0.4) is 0 Å². The first-order chi connectivity index (χ1) is 14.1. The third-order valence-electron chi connectivity index (χ3n) is 5.26. The van der Waals surface area contributed by atoms with Crippen LogP contribution < -0.4 is 10.9 Å². The molecule has 146 valence electrons. The van der Waals surface area contributed by atoms with Gasteiger partial charge in [-0.15, -0.1) is 0 Å². The van der Waals surface area contributed by atoms with Crippen molar-refractivity contribution >= 4 is 20.6 Å². The zero-order chi connectivity index (χ0) is 20.0.